The molecule has 27 heavy (non-hydrogen) atoms. The molecular weight excluding hydrogens is 332 g/mol. The van der Waals surface area contributed by atoms with Gasteiger partial charge in [-0.2, -0.15) is 0 Å². The molecule has 0 spiro atoms. The normalized spacial score (nSPS) is 21.1. The van der Waals surface area contributed by atoms with Crippen molar-refractivity contribution in [3.05, 3.63) is 66.2 Å². The lowest BCUT2D eigenvalue weighted by Gasteiger charge is -2.21. The van der Waals surface area contributed by atoms with E-state index in [1.807, 2.05) is 7.05 Å². The van der Waals surface area contributed by atoms with E-state index in [2.05, 4.69) is 81.2 Å². The van der Waals surface area contributed by atoms with Gasteiger partial charge in [0.25, 0.3) is 0 Å². The molecule has 2 aromatic carbocycles. The van der Waals surface area contributed by atoms with E-state index < -0.39 is 0 Å². The van der Waals surface area contributed by atoms with Crippen LogP contribution in [0, 0.1) is 5.92 Å². The Hall–Kier alpha value is -2.49. The molecule has 2 fully saturated rings. The number of guanidine groups is 1. The summed E-state index contributed by atoms with van der Waals surface area (Å²) in [6.07, 6.45) is 3.75. The average Bonchev–Trinajstić information content (AvgIpc) is 3.38. The van der Waals surface area contributed by atoms with Crippen LogP contribution in [-0.2, 0) is 5.41 Å². The van der Waals surface area contributed by atoms with Gasteiger partial charge in [-0.05, 0) is 42.9 Å². The van der Waals surface area contributed by atoms with Gasteiger partial charge < -0.3 is 15.5 Å². The Morgan fingerprint density at radius 1 is 1.04 bits per heavy atom. The van der Waals surface area contributed by atoms with Crippen LogP contribution in [0.5, 0.6) is 0 Å². The molecule has 142 valence electrons. The zero-order valence-corrected chi connectivity index (χ0v) is 16.2. The van der Waals surface area contributed by atoms with Gasteiger partial charge in [-0.15, -0.1) is 0 Å². The highest BCUT2D eigenvalue weighted by Gasteiger charge is 2.44. The number of benzene rings is 2. The van der Waals surface area contributed by atoms with Crippen LogP contribution in [-0.4, -0.2) is 39.2 Å². The summed E-state index contributed by atoms with van der Waals surface area (Å²) >= 11 is 0. The fourth-order valence-corrected chi connectivity index (χ4v) is 4.10. The van der Waals surface area contributed by atoms with Gasteiger partial charge in [-0.1, -0.05) is 48.5 Å². The topological polar surface area (TPSA) is 39.7 Å². The Kier molecular flexibility index (Phi) is 5.33. The van der Waals surface area contributed by atoms with Crippen LogP contribution in [0.1, 0.15) is 24.8 Å². The van der Waals surface area contributed by atoms with Crippen LogP contribution >= 0.6 is 0 Å². The summed E-state index contributed by atoms with van der Waals surface area (Å²) in [5.41, 5.74) is 3.08. The van der Waals surface area contributed by atoms with Gasteiger partial charge in [-0.25, -0.2) is 0 Å². The Balaban J connectivity index is 1.25. The quantitative estimate of drug-likeness (QED) is 0.611. The molecule has 1 saturated carbocycles. The molecule has 1 aliphatic carbocycles. The third-order valence-corrected chi connectivity index (χ3v) is 6.02. The van der Waals surface area contributed by atoms with Gasteiger partial charge in [0.15, 0.2) is 5.96 Å². The highest BCUT2D eigenvalue weighted by atomic mass is 15.2. The minimum Gasteiger partial charge on any atom is -0.371 e. The lowest BCUT2D eigenvalue weighted by Crippen LogP contribution is -2.43. The van der Waals surface area contributed by atoms with Crippen molar-refractivity contribution in [3.63, 3.8) is 0 Å². The Bertz CT molecular complexity index is 752. The molecule has 1 aliphatic heterocycles. The zero-order chi connectivity index (χ0) is 18.5. The van der Waals surface area contributed by atoms with Crippen molar-refractivity contribution in [3.8, 4) is 0 Å². The number of hydrogen-bond acceptors (Lipinski definition) is 2. The summed E-state index contributed by atoms with van der Waals surface area (Å²) in [4.78, 5) is 6.91. The van der Waals surface area contributed by atoms with Crippen molar-refractivity contribution < 1.29 is 0 Å². The molecule has 1 atom stereocenters. The maximum absolute atomic E-state index is 4.43. The summed E-state index contributed by atoms with van der Waals surface area (Å²) in [5.74, 6) is 1.59. The molecule has 2 N–H and O–H groups in total. The van der Waals surface area contributed by atoms with Gasteiger partial charge in [0.2, 0.25) is 0 Å². The SMILES string of the molecule is CN=C(NCC1CCN(c2ccccc2)C1)NCC1(c2ccccc2)CC1. The smallest absolute Gasteiger partial charge is 0.191 e. The summed E-state index contributed by atoms with van der Waals surface area (Å²) in [6, 6.07) is 21.6. The first-order chi connectivity index (χ1) is 13.3. The van der Waals surface area contributed by atoms with Crippen LogP contribution in [0.2, 0.25) is 0 Å². The van der Waals surface area contributed by atoms with Crippen molar-refractivity contribution in [1.29, 1.82) is 0 Å². The van der Waals surface area contributed by atoms with Gasteiger partial charge in [0.1, 0.15) is 0 Å². The molecule has 4 rings (SSSR count). The van der Waals surface area contributed by atoms with Crippen LogP contribution in [0.4, 0.5) is 5.69 Å². The van der Waals surface area contributed by atoms with Crippen LogP contribution in [0.3, 0.4) is 0 Å². The lowest BCUT2D eigenvalue weighted by atomic mass is 9.96. The first-order valence-electron chi connectivity index (χ1n) is 10.1. The number of rotatable bonds is 6. The molecule has 1 saturated heterocycles. The van der Waals surface area contributed by atoms with Crippen molar-refractivity contribution in [2.24, 2.45) is 10.9 Å². The summed E-state index contributed by atoms with van der Waals surface area (Å²) < 4.78 is 0. The maximum atomic E-state index is 4.43. The Morgan fingerprint density at radius 3 is 2.41 bits per heavy atom. The van der Waals surface area contributed by atoms with Crippen LogP contribution in [0.15, 0.2) is 65.7 Å². The molecule has 0 radical (unpaired) electrons. The standard InChI is InChI=1S/C23H30N4/c1-24-22(26-18-23(13-14-23)20-8-4-2-5-9-20)25-16-19-12-15-27(17-19)21-10-6-3-7-11-21/h2-11,19H,12-18H2,1H3,(H2,24,25,26). The molecule has 2 aromatic rings. The highest BCUT2D eigenvalue weighted by molar-refractivity contribution is 5.79. The van der Waals surface area contributed by atoms with Crippen molar-refractivity contribution in [2.45, 2.75) is 24.7 Å². The molecule has 0 amide bonds. The summed E-state index contributed by atoms with van der Waals surface area (Å²) in [7, 11) is 1.86. The maximum Gasteiger partial charge on any atom is 0.191 e. The third kappa shape index (κ3) is 4.26. The van der Waals surface area contributed by atoms with E-state index in [4.69, 9.17) is 0 Å². The second-order valence-electron chi connectivity index (χ2n) is 7.89. The molecular formula is C23H30N4. The van der Waals surface area contributed by atoms with Crippen molar-refractivity contribution in [1.82, 2.24) is 10.6 Å². The number of anilines is 1. The van der Waals surface area contributed by atoms with E-state index in [9.17, 15) is 0 Å². The predicted molar refractivity (Wildman–Crippen MR) is 113 cm³/mol. The van der Waals surface area contributed by atoms with Gasteiger partial charge in [-0.3, -0.25) is 4.99 Å². The molecule has 4 nitrogen and oxygen atoms in total. The third-order valence-electron chi connectivity index (χ3n) is 6.02. The summed E-state index contributed by atoms with van der Waals surface area (Å²) in [6.45, 7) is 4.18. The van der Waals surface area contributed by atoms with E-state index in [-0.39, 0.29) is 0 Å². The first kappa shape index (κ1) is 17.9. The minimum absolute atomic E-state index is 0.302. The van der Waals surface area contributed by atoms with Crippen molar-refractivity contribution in [2.75, 3.05) is 38.1 Å². The van der Waals surface area contributed by atoms with Gasteiger partial charge >= 0.3 is 0 Å². The van der Waals surface area contributed by atoms with Gasteiger partial charge in [0, 0.05) is 44.3 Å². The first-order valence-corrected chi connectivity index (χ1v) is 10.1. The van der Waals surface area contributed by atoms with E-state index >= 15 is 0 Å². The largest absolute Gasteiger partial charge is 0.371 e. The molecule has 4 heteroatoms. The van der Waals surface area contributed by atoms with E-state index in [1.54, 1.807) is 0 Å². The molecule has 2 aliphatic rings. The Labute approximate surface area is 162 Å². The predicted octanol–water partition coefficient (Wildman–Crippen LogP) is 3.41. The summed E-state index contributed by atoms with van der Waals surface area (Å²) in [5, 5.41) is 7.11. The molecule has 0 aromatic heterocycles. The highest BCUT2D eigenvalue weighted by Crippen LogP contribution is 2.47. The minimum atomic E-state index is 0.302. The fourth-order valence-electron chi connectivity index (χ4n) is 4.10. The monoisotopic (exact) mass is 362 g/mol. The number of hydrogen-bond donors (Lipinski definition) is 2. The molecule has 0 bridgehead atoms. The van der Waals surface area contributed by atoms with Gasteiger partial charge in [0.05, 0.1) is 0 Å². The lowest BCUT2D eigenvalue weighted by molar-refractivity contribution is 0.560. The molecule has 1 unspecified atom stereocenters. The number of para-hydroxylation sites is 1. The van der Waals surface area contributed by atoms with E-state index in [1.165, 1.54) is 30.5 Å². The van der Waals surface area contributed by atoms with Crippen molar-refractivity contribution >= 4 is 11.6 Å². The Morgan fingerprint density at radius 2 is 1.74 bits per heavy atom. The number of nitrogens with one attached hydrogen (secondary N) is 2. The van der Waals surface area contributed by atoms with Crippen LogP contribution < -0.4 is 15.5 Å². The van der Waals surface area contributed by atoms with E-state index in [0.717, 1.165) is 32.1 Å². The number of nitrogens with zero attached hydrogens (tertiary/aromatic N) is 2. The van der Waals surface area contributed by atoms with E-state index in [0.29, 0.717) is 11.3 Å². The second-order valence-corrected chi connectivity index (χ2v) is 7.89. The van der Waals surface area contributed by atoms with Crippen LogP contribution in [0.25, 0.3) is 0 Å². The number of aliphatic imine (C=N–C) groups is 1. The fraction of sp³-hybridized carbons (Fsp3) is 0.435. The second kappa shape index (κ2) is 8.03. The average molecular weight is 363 g/mol. The zero-order valence-electron chi connectivity index (χ0n) is 16.2. The molecule has 1 heterocycles.